The van der Waals surface area contributed by atoms with E-state index >= 15 is 0 Å². The summed E-state index contributed by atoms with van der Waals surface area (Å²) in [6.07, 6.45) is 2.96. The number of fused-ring (bicyclic) bond motifs is 1. The first-order valence-electron chi connectivity index (χ1n) is 6.20. The van der Waals surface area contributed by atoms with Gasteiger partial charge in [0.05, 0.1) is 5.69 Å². The number of nitriles is 1. The van der Waals surface area contributed by atoms with Crippen molar-refractivity contribution < 1.29 is 9.53 Å². The summed E-state index contributed by atoms with van der Waals surface area (Å²) in [5.74, 6) is 0.893. The van der Waals surface area contributed by atoms with Crippen LogP contribution < -0.4 is 15.0 Å². The summed E-state index contributed by atoms with van der Waals surface area (Å²) in [4.78, 5) is 21.2. The number of rotatable bonds is 2. The standard InChI is InChI=1S/C14H11N5O2/c1-19-11-6-9(2-3-12(11)21-8-13(19)20)18-14-10(7-15)16-4-5-17-14/h2-6H,8H2,1H3,(H,17,18). The van der Waals surface area contributed by atoms with Gasteiger partial charge in [-0.15, -0.1) is 0 Å². The van der Waals surface area contributed by atoms with Gasteiger partial charge in [0.25, 0.3) is 5.91 Å². The minimum Gasteiger partial charge on any atom is -0.482 e. The van der Waals surface area contributed by atoms with Gasteiger partial charge < -0.3 is 15.0 Å². The Morgan fingerprint density at radius 3 is 3.00 bits per heavy atom. The first-order chi connectivity index (χ1) is 10.2. The monoisotopic (exact) mass is 281 g/mol. The third-order valence-corrected chi connectivity index (χ3v) is 3.11. The van der Waals surface area contributed by atoms with Gasteiger partial charge in [-0.1, -0.05) is 0 Å². The quantitative estimate of drug-likeness (QED) is 0.895. The summed E-state index contributed by atoms with van der Waals surface area (Å²) in [6.45, 7) is 0.0407. The van der Waals surface area contributed by atoms with Crippen molar-refractivity contribution in [1.82, 2.24) is 9.97 Å². The molecule has 3 rings (SSSR count). The molecule has 2 heterocycles. The largest absolute Gasteiger partial charge is 0.482 e. The van der Waals surface area contributed by atoms with Gasteiger partial charge in [-0.05, 0) is 18.2 Å². The minimum atomic E-state index is -0.114. The molecular formula is C14H11N5O2. The van der Waals surface area contributed by atoms with Gasteiger partial charge in [-0.25, -0.2) is 9.97 Å². The third-order valence-electron chi connectivity index (χ3n) is 3.11. The van der Waals surface area contributed by atoms with Crippen molar-refractivity contribution in [3.8, 4) is 11.8 Å². The van der Waals surface area contributed by atoms with Crippen LogP contribution in [0, 0.1) is 11.3 Å². The summed E-state index contributed by atoms with van der Waals surface area (Å²) in [5, 5.41) is 12.0. The number of amides is 1. The van der Waals surface area contributed by atoms with E-state index in [-0.39, 0.29) is 18.2 Å². The molecule has 21 heavy (non-hydrogen) atoms. The van der Waals surface area contributed by atoms with E-state index in [2.05, 4.69) is 15.3 Å². The van der Waals surface area contributed by atoms with Crippen molar-refractivity contribution in [2.24, 2.45) is 0 Å². The fourth-order valence-electron chi connectivity index (χ4n) is 2.00. The maximum absolute atomic E-state index is 11.6. The van der Waals surface area contributed by atoms with Crippen molar-refractivity contribution in [2.75, 3.05) is 23.9 Å². The number of benzene rings is 1. The summed E-state index contributed by atoms with van der Waals surface area (Å²) in [7, 11) is 1.69. The Hall–Kier alpha value is -3.14. The summed E-state index contributed by atoms with van der Waals surface area (Å²) >= 11 is 0. The van der Waals surface area contributed by atoms with Crippen molar-refractivity contribution in [3.05, 3.63) is 36.3 Å². The molecule has 0 saturated heterocycles. The second-order valence-corrected chi connectivity index (χ2v) is 4.41. The summed E-state index contributed by atoms with van der Waals surface area (Å²) < 4.78 is 5.36. The van der Waals surface area contributed by atoms with E-state index in [9.17, 15) is 4.79 Å². The van der Waals surface area contributed by atoms with Crippen LogP contribution in [-0.4, -0.2) is 29.5 Å². The molecule has 1 N–H and O–H groups in total. The number of nitrogens with one attached hydrogen (secondary N) is 1. The Morgan fingerprint density at radius 2 is 2.19 bits per heavy atom. The summed E-state index contributed by atoms with van der Waals surface area (Å²) in [6, 6.07) is 7.29. The highest BCUT2D eigenvalue weighted by atomic mass is 16.5. The molecule has 1 aromatic carbocycles. The van der Waals surface area contributed by atoms with Crippen LogP contribution >= 0.6 is 0 Å². The Kier molecular flexibility index (Phi) is 3.12. The lowest BCUT2D eigenvalue weighted by atomic mass is 10.2. The molecule has 7 nitrogen and oxygen atoms in total. The molecular weight excluding hydrogens is 270 g/mol. The second-order valence-electron chi connectivity index (χ2n) is 4.41. The predicted molar refractivity (Wildman–Crippen MR) is 75.4 cm³/mol. The summed E-state index contributed by atoms with van der Waals surface area (Å²) in [5.41, 5.74) is 1.56. The molecule has 1 aliphatic rings. The fraction of sp³-hybridized carbons (Fsp3) is 0.143. The lowest BCUT2D eigenvalue weighted by molar-refractivity contribution is -0.120. The van der Waals surface area contributed by atoms with Crippen LogP contribution in [0.4, 0.5) is 17.2 Å². The number of nitrogens with zero attached hydrogens (tertiary/aromatic N) is 4. The van der Waals surface area contributed by atoms with Gasteiger partial charge >= 0.3 is 0 Å². The Bertz CT molecular complexity index is 753. The normalized spacial score (nSPS) is 13.1. The lowest BCUT2D eigenvalue weighted by Crippen LogP contribution is -2.35. The zero-order chi connectivity index (χ0) is 14.8. The Morgan fingerprint density at radius 1 is 1.38 bits per heavy atom. The van der Waals surface area contributed by atoms with Gasteiger partial charge in [0.1, 0.15) is 11.8 Å². The van der Waals surface area contributed by atoms with Crippen molar-refractivity contribution in [3.63, 3.8) is 0 Å². The zero-order valence-electron chi connectivity index (χ0n) is 11.2. The molecule has 0 bridgehead atoms. The number of hydrogen-bond donors (Lipinski definition) is 1. The molecule has 0 fully saturated rings. The number of aromatic nitrogens is 2. The Balaban J connectivity index is 1.94. The molecule has 7 heteroatoms. The van der Waals surface area contributed by atoms with E-state index in [1.807, 2.05) is 6.07 Å². The van der Waals surface area contributed by atoms with Crippen LogP contribution in [0.3, 0.4) is 0 Å². The molecule has 2 aromatic rings. The predicted octanol–water partition coefficient (Wildman–Crippen LogP) is 1.45. The van der Waals surface area contributed by atoms with Crippen molar-refractivity contribution >= 4 is 23.1 Å². The SMILES string of the molecule is CN1C(=O)COc2ccc(Nc3nccnc3C#N)cc21. The van der Waals surface area contributed by atoms with Crippen molar-refractivity contribution in [1.29, 1.82) is 5.26 Å². The topological polar surface area (TPSA) is 91.1 Å². The number of anilines is 3. The number of carbonyl (C=O) groups excluding carboxylic acids is 1. The van der Waals surface area contributed by atoms with Crippen LogP contribution in [0.5, 0.6) is 5.75 Å². The minimum absolute atomic E-state index is 0.0407. The Labute approximate surface area is 120 Å². The van der Waals surface area contributed by atoms with E-state index < -0.39 is 0 Å². The molecule has 1 amide bonds. The van der Waals surface area contributed by atoms with Gasteiger partial charge in [-0.2, -0.15) is 5.26 Å². The van der Waals surface area contributed by atoms with E-state index in [0.29, 0.717) is 22.9 Å². The van der Waals surface area contributed by atoms with Crippen LogP contribution in [0.1, 0.15) is 5.69 Å². The number of ether oxygens (including phenoxy) is 1. The smallest absolute Gasteiger partial charge is 0.264 e. The molecule has 0 aliphatic carbocycles. The van der Waals surface area contributed by atoms with Gasteiger partial charge in [0.2, 0.25) is 0 Å². The third kappa shape index (κ3) is 2.34. The average Bonchev–Trinajstić information content (AvgIpc) is 2.52. The molecule has 0 unspecified atom stereocenters. The van der Waals surface area contributed by atoms with Gasteiger partial charge in [-0.3, -0.25) is 4.79 Å². The van der Waals surface area contributed by atoms with E-state index in [1.54, 1.807) is 25.2 Å². The molecule has 104 valence electrons. The zero-order valence-corrected chi connectivity index (χ0v) is 11.2. The maximum atomic E-state index is 11.6. The molecule has 0 atom stereocenters. The van der Waals surface area contributed by atoms with Gasteiger partial charge in [0, 0.05) is 25.1 Å². The van der Waals surface area contributed by atoms with E-state index in [0.717, 1.165) is 0 Å². The number of likely N-dealkylation sites (N-methyl/N-ethyl adjacent to an activating group) is 1. The highest BCUT2D eigenvalue weighted by molar-refractivity contribution is 5.98. The molecule has 0 saturated carbocycles. The van der Waals surface area contributed by atoms with E-state index in [4.69, 9.17) is 10.00 Å². The molecule has 0 spiro atoms. The van der Waals surface area contributed by atoms with Crippen LogP contribution in [0.2, 0.25) is 0 Å². The molecule has 1 aromatic heterocycles. The lowest BCUT2D eigenvalue weighted by Gasteiger charge is -2.26. The average molecular weight is 281 g/mol. The van der Waals surface area contributed by atoms with Crippen LogP contribution in [0.15, 0.2) is 30.6 Å². The highest BCUT2D eigenvalue weighted by Gasteiger charge is 2.22. The molecule has 0 radical (unpaired) electrons. The number of carbonyl (C=O) groups is 1. The number of hydrogen-bond acceptors (Lipinski definition) is 6. The first-order valence-corrected chi connectivity index (χ1v) is 6.20. The molecule has 1 aliphatic heterocycles. The van der Waals surface area contributed by atoms with E-state index in [1.165, 1.54) is 17.3 Å². The van der Waals surface area contributed by atoms with Gasteiger partial charge in [0.15, 0.2) is 18.1 Å². The fourth-order valence-corrected chi connectivity index (χ4v) is 2.00. The first kappa shape index (κ1) is 12.9. The second kappa shape index (κ2) is 5.09. The van der Waals surface area contributed by atoms with Crippen LogP contribution in [0.25, 0.3) is 0 Å². The highest BCUT2D eigenvalue weighted by Crippen LogP contribution is 2.34. The maximum Gasteiger partial charge on any atom is 0.264 e. The van der Waals surface area contributed by atoms with Crippen molar-refractivity contribution in [2.45, 2.75) is 0 Å². The van der Waals surface area contributed by atoms with Crippen LogP contribution in [-0.2, 0) is 4.79 Å².